The van der Waals surface area contributed by atoms with E-state index in [-0.39, 0.29) is 12.1 Å². The summed E-state index contributed by atoms with van der Waals surface area (Å²) in [6, 6.07) is 0. The molecule has 0 bridgehead atoms. The number of esters is 1. The van der Waals surface area contributed by atoms with Crippen molar-refractivity contribution in [3.05, 3.63) is 0 Å². The highest BCUT2D eigenvalue weighted by atomic mass is 32.2. The summed E-state index contributed by atoms with van der Waals surface area (Å²) in [5.74, 6) is 0.595. The average Bonchev–Trinajstić information content (AvgIpc) is 2.02. The molecule has 0 aliphatic heterocycles. The van der Waals surface area contributed by atoms with E-state index in [1.165, 1.54) is 18.7 Å². The van der Waals surface area contributed by atoms with Crippen LogP contribution in [0.3, 0.4) is 0 Å². The number of hydrogen-bond donors (Lipinski definition) is 1. The van der Waals surface area contributed by atoms with Crippen LogP contribution < -0.4 is 0 Å². The number of carbonyl (C=O) groups excluding carboxylic acids is 1. The molecule has 0 radical (unpaired) electrons. The molecule has 1 N–H and O–H groups in total. The van der Waals surface area contributed by atoms with Gasteiger partial charge in [0.1, 0.15) is 11.5 Å². The van der Waals surface area contributed by atoms with Gasteiger partial charge in [0, 0.05) is 13.3 Å². The summed E-state index contributed by atoms with van der Waals surface area (Å²) >= 11 is 1.47. The molecule has 2 atom stereocenters. The van der Waals surface area contributed by atoms with E-state index in [1.807, 2.05) is 13.8 Å². The summed E-state index contributed by atoms with van der Waals surface area (Å²) in [6.07, 6.45) is 1.13. The van der Waals surface area contributed by atoms with Gasteiger partial charge in [0.05, 0.1) is 0 Å². The molecule has 0 saturated heterocycles. The number of ether oxygens (including phenoxy) is 1. The molecule has 0 amide bonds. The minimum absolute atomic E-state index is 0.147. The van der Waals surface area contributed by atoms with Gasteiger partial charge in [0.2, 0.25) is 0 Å². The lowest BCUT2D eigenvalue weighted by Gasteiger charge is -2.17. The Balaban J connectivity index is 3.75. The van der Waals surface area contributed by atoms with Crippen LogP contribution in [0.4, 0.5) is 0 Å². The summed E-state index contributed by atoms with van der Waals surface area (Å²) < 4.78 is 5.00. The van der Waals surface area contributed by atoms with Crippen molar-refractivity contribution in [3.8, 4) is 0 Å². The van der Waals surface area contributed by atoms with Crippen LogP contribution in [-0.4, -0.2) is 28.4 Å². The summed E-state index contributed by atoms with van der Waals surface area (Å²) in [4.78, 5) is 10.6. The number of thioether (sulfide) groups is 1. The van der Waals surface area contributed by atoms with Gasteiger partial charge in [-0.3, -0.25) is 4.79 Å². The third-order valence-corrected chi connectivity index (χ3v) is 2.52. The molecule has 0 aromatic carbocycles. The third-order valence-electron chi connectivity index (χ3n) is 1.61. The molecule has 3 nitrogen and oxygen atoms in total. The Morgan fingerprint density at radius 3 is 2.54 bits per heavy atom. The van der Waals surface area contributed by atoms with Gasteiger partial charge in [-0.2, -0.15) is 0 Å². The fourth-order valence-corrected chi connectivity index (χ4v) is 1.75. The van der Waals surface area contributed by atoms with E-state index in [1.54, 1.807) is 0 Å². The molecule has 0 aromatic heterocycles. The van der Waals surface area contributed by atoms with Gasteiger partial charge in [0.25, 0.3) is 0 Å². The fraction of sp³-hybridized carbons (Fsp3) is 0.889. The molecule has 0 fully saturated rings. The SMILES string of the molecule is CCSC(O)CC(CC)OC(C)=O. The maximum Gasteiger partial charge on any atom is 0.302 e. The van der Waals surface area contributed by atoms with E-state index in [2.05, 4.69) is 0 Å². The van der Waals surface area contributed by atoms with Crippen LogP contribution in [0.15, 0.2) is 0 Å². The molecule has 13 heavy (non-hydrogen) atoms. The molecular weight excluding hydrogens is 188 g/mol. The molecule has 78 valence electrons. The molecule has 0 rings (SSSR count). The van der Waals surface area contributed by atoms with Crippen molar-refractivity contribution < 1.29 is 14.6 Å². The highest BCUT2D eigenvalue weighted by Crippen LogP contribution is 2.16. The Hall–Kier alpha value is -0.220. The first kappa shape index (κ1) is 12.8. The van der Waals surface area contributed by atoms with E-state index in [0.29, 0.717) is 6.42 Å². The van der Waals surface area contributed by atoms with Crippen LogP contribution in [0, 0.1) is 0 Å². The molecule has 0 aliphatic rings. The van der Waals surface area contributed by atoms with Gasteiger partial charge < -0.3 is 9.84 Å². The Morgan fingerprint density at radius 2 is 2.15 bits per heavy atom. The lowest BCUT2D eigenvalue weighted by molar-refractivity contribution is -0.147. The number of rotatable bonds is 6. The zero-order chi connectivity index (χ0) is 10.3. The molecule has 0 heterocycles. The monoisotopic (exact) mass is 206 g/mol. The zero-order valence-corrected chi connectivity index (χ0v) is 9.26. The van der Waals surface area contributed by atoms with E-state index >= 15 is 0 Å². The predicted molar refractivity (Wildman–Crippen MR) is 54.6 cm³/mol. The second-order valence-electron chi connectivity index (χ2n) is 2.79. The van der Waals surface area contributed by atoms with Crippen LogP contribution in [0.2, 0.25) is 0 Å². The maximum atomic E-state index is 10.6. The standard InChI is InChI=1S/C9H18O3S/c1-4-8(12-7(3)10)6-9(11)13-5-2/h8-9,11H,4-6H2,1-3H3. The summed E-state index contributed by atoms with van der Waals surface area (Å²) in [5, 5.41) is 9.44. The number of carbonyl (C=O) groups is 1. The highest BCUT2D eigenvalue weighted by molar-refractivity contribution is 7.99. The van der Waals surface area contributed by atoms with Gasteiger partial charge in [-0.05, 0) is 12.2 Å². The van der Waals surface area contributed by atoms with Crippen molar-refractivity contribution in [2.24, 2.45) is 0 Å². The van der Waals surface area contributed by atoms with E-state index in [4.69, 9.17) is 4.74 Å². The second-order valence-corrected chi connectivity index (χ2v) is 4.24. The highest BCUT2D eigenvalue weighted by Gasteiger charge is 2.14. The minimum atomic E-state index is -0.422. The summed E-state index contributed by atoms with van der Waals surface area (Å²) in [6.45, 7) is 5.32. The molecular formula is C9H18O3S. The van der Waals surface area contributed by atoms with Crippen molar-refractivity contribution in [1.29, 1.82) is 0 Å². The van der Waals surface area contributed by atoms with Gasteiger partial charge in [-0.1, -0.05) is 13.8 Å². The summed E-state index contributed by atoms with van der Waals surface area (Å²) in [5.41, 5.74) is -0.422. The Morgan fingerprint density at radius 1 is 1.54 bits per heavy atom. The first-order valence-corrected chi connectivity index (χ1v) is 5.61. The lowest BCUT2D eigenvalue weighted by Crippen LogP contribution is -2.20. The van der Waals surface area contributed by atoms with Crippen molar-refractivity contribution >= 4 is 17.7 Å². The molecule has 0 spiro atoms. The van der Waals surface area contributed by atoms with E-state index in [0.717, 1.165) is 12.2 Å². The van der Waals surface area contributed by atoms with Crippen LogP contribution in [0.1, 0.15) is 33.6 Å². The number of aliphatic hydroxyl groups excluding tert-OH is 1. The lowest BCUT2D eigenvalue weighted by atomic mass is 10.2. The van der Waals surface area contributed by atoms with Crippen molar-refractivity contribution in [3.63, 3.8) is 0 Å². The van der Waals surface area contributed by atoms with Gasteiger partial charge >= 0.3 is 5.97 Å². The largest absolute Gasteiger partial charge is 0.462 e. The Labute approximate surface area is 83.9 Å². The van der Waals surface area contributed by atoms with E-state index in [9.17, 15) is 9.90 Å². The Kier molecular flexibility index (Phi) is 7.09. The average molecular weight is 206 g/mol. The van der Waals surface area contributed by atoms with Crippen molar-refractivity contribution in [1.82, 2.24) is 0 Å². The minimum Gasteiger partial charge on any atom is -0.462 e. The van der Waals surface area contributed by atoms with Crippen LogP contribution in [0.25, 0.3) is 0 Å². The third kappa shape index (κ3) is 6.90. The van der Waals surface area contributed by atoms with Crippen molar-refractivity contribution in [2.75, 3.05) is 5.75 Å². The number of aliphatic hydroxyl groups is 1. The second kappa shape index (κ2) is 7.21. The van der Waals surface area contributed by atoms with Gasteiger partial charge in [-0.15, -0.1) is 11.8 Å². The van der Waals surface area contributed by atoms with E-state index < -0.39 is 5.44 Å². The van der Waals surface area contributed by atoms with Gasteiger partial charge in [-0.25, -0.2) is 0 Å². The zero-order valence-electron chi connectivity index (χ0n) is 8.45. The topological polar surface area (TPSA) is 46.5 Å². The van der Waals surface area contributed by atoms with Gasteiger partial charge in [0.15, 0.2) is 0 Å². The van der Waals surface area contributed by atoms with Crippen molar-refractivity contribution in [2.45, 2.75) is 45.2 Å². The smallest absolute Gasteiger partial charge is 0.302 e. The number of hydrogen-bond acceptors (Lipinski definition) is 4. The first-order chi connectivity index (χ1) is 6.10. The molecule has 0 aromatic rings. The normalized spacial score (nSPS) is 15.1. The molecule has 0 aliphatic carbocycles. The Bertz CT molecular complexity index is 150. The molecule has 0 saturated carbocycles. The van der Waals surface area contributed by atoms with Crippen LogP contribution in [-0.2, 0) is 9.53 Å². The quantitative estimate of drug-likeness (QED) is 0.531. The first-order valence-electron chi connectivity index (χ1n) is 4.57. The van der Waals surface area contributed by atoms with Crippen LogP contribution in [0.5, 0.6) is 0 Å². The predicted octanol–water partition coefficient (Wildman–Crippen LogP) is 1.79. The molecule has 2 unspecified atom stereocenters. The molecule has 4 heteroatoms. The fourth-order valence-electron chi connectivity index (χ4n) is 1.02. The summed E-state index contributed by atoms with van der Waals surface area (Å²) in [7, 11) is 0. The van der Waals surface area contributed by atoms with Crippen LogP contribution >= 0.6 is 11.8 Å². The maximum absolute atomic E-state index is 10.6.